The van der Waals surface area contributed by atoms with E-state index in [0.717, 1.165) is 30.5 Å². The first kappa shape index (κ1) is 24.2. The van der Waals surface area contributed by atoms with Gasteiger partial charge < -0.3 is 5.32 Å². The molecule has 0 fully saturated rings. The normalized spacial score (nSPS) is 20.8. The predicted molar refractivity (Wildman–Crippen MR) is 154 cm³/mol. The van der Waals surface area contributed by atoms with Crippen molar-refractivity contribution in [3.63, 3.8) is 0 Å². The van der Waals surface area contributed by atoms with E-state index in [-0.39, 0.29) is 12.0 Å². The molecule has 5 heteroatoms. The molecule has 6 rings (SSSR count). The Morgan fingerprint density at radius 3 is 2.16 bits per heavy atom. The van der Waals surface area contributed by atoms with Crippen molar-refractivity contribution < 1.29 is 8.42 Å². The molecule has 2 aliphatic rings. The molecular weight excluding hydrogens is 476 g/mol. The molecule has 190 valence electrons. The number of fused-ring (bicyclic) bond motifs is 5. The molecule has 1 heterocycles. The summed E-state index contributed by atoms with van der Waals surface area (Å²) in [5, 5.41) is 8.94. The molecular formula is C32H34N2O2S. The van der Waals surface area contributed by atoms with Crippen LogP contribution in [0.3, 0.4) is 0 Å². The van der Waals surface area contributed by atoms with Crippen LogP contribution in [0.15, 0.2) is 89.8 Å². The summed E-state index contributed by atoms with van der Waals surface area (Å²) in [7, 11) is -3.53. The smallest absolute Gasteiger partial charge is 0.243 e. The van der Waals surface area contributed by atoms with Crippen molar-refractivity contribution in [3.8, 4) is 0 Å². The van der Waals surface area contributed by atoms with Gasteiger partial charge in [0.1, 0.15) is 0 Å². The molecule has 1 aliphatic carbocycles. The Labute approximate surface area is 220 Å². The molecule has 3 unspecified atom stereocenters. The highest BCUT2D eigenvalue weighted by molar-refractivity contribution is 7.89. The highest BCUT2D eigenvalue weighted by atomic mass is 32.2. The SMILES string of the molecule is CCCN(CCC)S(=O)(=O)c1ccc2c(c1)C1C=CCC1C(c1c3ccccc3cc3ccccc13)N2. The van der Waals surface area contributed by atoms with Crippen LogP contribution in [-0.4, -0.2) is 25.8 Å². The van der Waals surface area contributed by atoms with Crippen molar-refractivity contribution in [2.75, 3.05) is 18.4 Å². The Kier molecular flexibility index (Phi) is 6.29. The van der Waals surface area contributed by atoms with Gasteiger partial charge in [0.2, 0.25) is 10.0 Å². The fourth-order valence-electron chi connectivity index (χ4n) is 6.40. The van der Waals surface area contributed by atoms with Gasteiger partial charge in [-0.15, -0.1) is 0 Å². The largest absolute Gasteiger partial charge is 0.378 e. The average Bonchev–Trinajstić information content (AvgIpc) is 3.41. The topological polar surface area (TPSA) is 49.4 Å². The number of rotatable bonds is 7. The van der Waals surface area contributed by atoms with Crippen LogP contribution in [0.4, 0.5) is 5.69 Å². The van der Waals surface area contributed by atoms with E-state index in [1.165, 1.54) is 27.1 Å². The minimum Gasteiger partial charge on any atom is -0.378 e. The lowest BCUT2D eigenvalue weighted by Crippen LogP contribution is -2.33. The van der Waals surface area contributed by atoms with E-state index in [1.54, 1.807) is 10.4 Å². The minimum atomic E-state index is -3.53. The lowest BCUT2D eigenvalue weighted by Gasteiger charge is -2.39. The number of nitrogens with zero attached hydrogens (tertiary/aromatic N) is 1. The molecule has 0 radical (unpaired) electrons. The van der Waals surface area contributed by atoms with Crippen LogP contribution in [0, 0.1) is 5.92 Å². The highest BCUT2D eigenvalue weighted by Crippen LogP contribution is 2.52. The van der Waals surface area contributed by atoms with E-state index in [1.807, 2.05) is 26.0 Å². The number of hydrogen-bond donors (Lipinski definition) is 1. The molecule has 0 saturated carbocycles. The summed E-state index contributed by atoms with van der Waals surface area (Å²) in [6.45, 7) is 5.15. The summed E-state index contributed by atoms with van der Waals surface area (Å²) >= 11 is 0. The Morgan fingerprint density at radius 2 is 1.51 bits per heavy atom. The molecule has 0 amide bonds. The number of nitrogens with one attached hydrogen (secondary N) is 1. The zero-order valence-electron chi connectivity index (χ0n) is 21.5. The van der Waals surface area contributed by atoms with Crippen molar-refractivity contribution in [1.82, 2.24) is 4.31 Å². The maximum atomic E-state index is 13.6. The van der Waals surface area contributed by atoms with Gasteiger partial charge in [0.15, 0.2) is 0 Å². The summed E-state index contributed by atoms with van der Waals surface area (Å²) in [6, 6.07) is 25.4. The number of anilines is 1. The Hall–Kier alpha value is -3.15. The fourth-order valence-corrected chi connectivity index (χ4v) is 8.06. The molecule has 1 aliphatic heterocycles. The van der Waals surface area contributed by atoms with E-state index in [2.05, 4.69) is 72.1 Å². The van der Waals surface area contributed by atoms with Crippen LogP contribution in [0.2, 0.25) is 0 Å². The molecule has 0 saturated heterocycles. The third-order valence-electron chi connectivity index (χ3n) is 8.04. The second-order valence-electron chi connectivity index (χ2n) is 10.4. The first-order chi connectivity index (χ1) is 18.0. The van der Waals surface area contributed by atoms with Gasteiger partial charge in [0, 0.05) is 24.7 Å². The van der Waals surface area contributed by atoms with E-state index in [9.17, 15) is 8.42 Å². The van der Waals surface area contributed by atoms with Crippen LogP contribution in [-0.2, 0) is 10.0 Å². The quantitative estimate of drug-likeness (QED) is 0.205. The average molecular weight is 511 g/mol. The number of benzene rings is 4. The molecule has 4 nitrogen and oxygen atoms in total. The maximum Gasteiger partial charge on any atom is 0.243 e. The Morgan fingerprint density at radius 1 is 0.865 bits per heavy atom. The number of allylic oxidation sites excluding steroid dienone is 2. The minimum absolute atomic E-state index is 0.127. The van der Waals surface area contributed by atoms with Gasteiger partial charge >= 0.3 is 0 Å². The molecule has 37 heavy (non-hydrogen) atoms. The first-order valence-electron chi connectivity index (χ1n) is 13.5. The van der Waals surface area contributed by atoms with Crippen molar-refractivity contribution in [2.24, 2.45) is 5.92 Å². The van der Waals surface area contributed by atoms with Gasteiger partial charge in [-0.05, 0) is 82.1 Å². The Bertz CT molecular complexity index is 1550. The van der Waals surface area contributed by atoms with Crippen LogP contribution >= 0.6 is 0 Å². The molecule has 4 aromatic carbocycles. The molecule has 0 spiro atoms. The zero-order valence-corrected chi connectivity index (χ0v) is 22.3. The first-order valence-corrected chi connectivity index (χ1v) is 14.9. The van der Waals surface area contributed by atoms with Crippen molar-refractivity contribution in [2.45, 2.75) is 50.0 Å². The van der Waals surface area contributed by atoms with Gasteiger partial charge in [0.25, 0.3) is 0 Å². The van der Waals surface area contributed by atoms with Crippen molar-refractivity contribution in [3.05, 3.63) is 96.1 Å². The molecule has 1 N–H and O–H groups in total. The van der Waals surface area contributed by atoms with E-state index >= 15 is 0 Å². The molecule has 0 bridgehead atoms. The fraction of sp³-hybridized carbons (Fsp3) is 0.312. The second kappa shape index (κ2) is 9.62. The summed E-state index contributed by atoms with van der Waals surface area (Å²) in [5.74, 6) is 0.502. The van der Waals surface area contributed by atoms with Gasteiger partial charge in [-0.2, -0.15) is 4.31 Å². The highest BCUT2D eigenvalue weighted by Gasteiger charge is 2.40. The van der Waals surface area contributed by atoms with Gasteiger partial charge in [-0.3, -0.25) is 0 Å². The predicted octanol–water partition coefficient (Wildman–Crippen LogP) is 7.63. The monoisotopic (exact) mass is 510 g/mol. The molecule has 4 aromatic rings. The second-order valence-corrected chi connectivity index (χ2v) is 12.3. The van der Waals surface area contributed by atoms with Gasteiger partial charge in [-0.1, -0.05) is 74.5 Å². The summed E-state index contributed by atoms with van der Waals surface area (Å²) < 4.78 is 28.7. The van der Waals surface area contributed by atoms with Crippen LogP contribution in [0.5, 0.6) is 0 Å². The lowest BCUT2D eigenvalue weighted by molar-refractivity contribution is 0.409. The van der Waals surface area contributed by atoms with Crippen LogP contribution in [0.25, 0.3) is 21.5 Å². The van der Waals surface area contributed by atoms with Gasteiger partial charge in [-0.25, -0.2) is 8.42 Å². The third kappa shape index (κ3) is 4.05. The Balaban J connectivity index is 1.47. The molecule has 3 atom stereocenters. The standard InChI is InChI=1S/C32H34N2O2S/c1-3-18-34(19-4-2)37(35,36)24-16-17-30-29(21-24)27-14-9-15-28(27)32(33-30)31-25-12-7-5-10-22(25)20-23-11-6-8-13-26(23)31/h5-14,16-17,20-21,27-28,32-33H,3-4,15,18-19H2,1-2H3. The van der Waals surface area contributed by atoms with Gasteiger partial charge in [0.05, 0.1) is 10.9 Å². The third-order valence-corrected chi connectivity index (χ3v) is 9.94. The lowest BCUT2D eigenvalue weighted by atomic mass is 9.75. The zero-order chi connectivity index (χ0) is 25.6. The number of hydrogen-bond acceptors (Lipinski definition) is 3. The summed E-state index contributed by atoms with van der Waals surface area (Å²) in [4.78, 5) is 0.406. The summed E-state index contributed by atoms with van der Waals surface area (Å²) in [5.41, 5.74) is 3.46. The van der Waals surface area contributed by atoms with E-state index < -0.39 is 10.0 Å². The summed E-state index contributed by atoms with van der Waals surface area (Å²) in [6.07, 6.45) is 7.14. The number of sulfonamides is 1. The van der Waals surface area contributed by atoms with Crippen molar-refractivity contribution >= 4 is 37.3 Å². The van der Waals surface area contributed by atoms with Crippen molar-refractivity contribution in [1.29, 1.82) is 0 Å². The van der Waals surface area contributed by atoms with Crippen LogP contribution < -0.4 is 5.32 Å². The van der Waals surface area contributed by atoms with Crippen LogP contribution in [0.1, 0.15) is 56.2 Å². The van der Waals surface area contributed by atoms with E-state index in [4.69, 9.17) is 0 Å². The molecule has 0 aromatic heterocycles. The maximum absolute atomic E-state index is 13.6. The van der Waals surface area contributed by atoms with E-state index in [0.29, 0.717) is 23.9 Å².